The van der Waals surface area contributed by atoms with Crippen molar-refractivity contribution >= 4 is 34.7 Å². The van der Waals surface area contributed by atoms with Crippen LogP contribution in [-0.2, 0) is 11.3 Å². The Morgan fingerprint density at radius 1 is 1.42 bits per heavy atom. The summed E-state index contributed by atoms with van der Waals surface area (Å²) in [6, 6.07) is 7.41. The topological polar surface area (TPSA) is 46.3 Å². The van der Waals surface area contributed by atoms with E-state index in [2.05, 4.69) is 0 Å². The molecule has 0 aliphatic carbocycles. The van der Waals surface area contributed by atoms with Gasteiger partial charge < -0.3 is 10.6 Å². The van der Waals surface area contributed by atoms with Crippen LogP contribution in [0, 0.1) is 5.41 Å². The summed E-state index contributed by atoms with van der Waals surface area (Å²) in [6.45, 7) is 4.21. The number of benzene rings is 1. The maximum Gasteiger partial charge on any atom is 0.235 e. The van der Waals surface area contributed by atoms with E-state index in [0.29, 0.717) is 18.0 Å². The average Bonchev–Trinajstić information content (AvgIpc) is 2.39. The van der Waals surface area contributed by atoms with E-state index in [4.69, 9.17) is 29.6 Å². The molecule has 0 aliphatic heterocycles. The van der Waals surface area contributed by atoms with E-state index in [-0.39, 0.29) is 10.9 Å². The lowest BCUT2D eigenvalue weighted by Crippen LogP contribution is -2.47. The van der Waals surface area contributed by atoms with Crippen LogP contribution in [0.15, 0.2) is 24.3 Å². The van der Waals surface area contributed by atoms with Crippen molar-refractivity contribution in [1.82, 2.24) is 4.90 Å². The second-order valence-electron chi connectivity index (χ2n) is 4.84. The van der Waals surface area contributed by atoms with E-state index in [1.807, 2.05) is 31.2 Å². The average molecular weight is 299 g/mol. The predicted molar refractivity (Wildman–Crippen MR) is 83.1 cm³/mol. The van der Waals surface area contributed by atoms with E-state index < -0.39 is 5.41 Å². The number of carbonyl (C=O) groups is 1. The third kappa shape index (κ3) is 3.67. The highest BCUT2D eigenvalue weighted by Crippen LogP contribution is 2.25. The molecule has 1 amide bonds. The highest BCUT2D eigenvalue weighted by molar-refractivity contribution is 7.80. The van der Waals surface area contributed by atoms with Crippen LogP contribution in [0.25, 0.3) is 0 Å². The van der Waals surface area contributed by atoms with Crippen LogP contribution in [-0.4, -0.2) is 22.8 Å². The molecule has 3 nitrogen and oxygen atoms in total. The highest BCUT2D eigenvalue weighted by Gasteiger charge is 2.36. The zero-order valence-corrected chi connectivity index (χ0v) is 13.0. The molecule has 0 saturated carbocycles. The van der Waals surface area contributed by atoms with Gasteiger partial charge in [0, 0.05) is 18.6 Å². The maximum atomic E-state index is 12.4. The third-order valence-corrected chi connectivity index (χ3v) is 4.11. The number of thiocarbonyl (C=S) groups is 1. The van der Waals surface area contributed by atoms with E-state index in [1.165, 1.54) is 0 Å². The molecule has 1 aromatic carbocycles. The van der Waals surface area contributed by atoms with Gasteiger partial charge in [-0.2, -0.15) is 0 Å². The second kappa shape index (κ2) is 6.35. The summed E-state index contributed by atoms with van der Waals surface area (Å²) in [4.78, 5) is 14.3. The molecule has 0 fully saturated rings. The normalized spacial score (nSPS) is 13.7. The summed E-state index contributed by atoms with van der Waals surface area (Å²) in [5.74, 6) is -0.0579. The zero-order chi connectivity index (χ0) is 14.6. The van der Waals surface area contributed by atoms with Crippen LogP contribution in [0.1, 0.15) is 25.8 Å². The number of rotatable bonds is 5. The molecule has 1 unspecified atom stereocenters. The van der Waals surface area contributed by atoms with Crippen molar-refractivity contribution in [3.8, 4) is 0 Å². The lowest BCUT2D eigenvalue weighted by atomic mass is 9.86. The Kier molecular flexibility index (Phi) is 5.32. The van der Waals surface area contributed by atoms with Gasteiger partial charge in [-0.15, -0.1) is 0 Å². The van der Waals surface area contributed by atoms with Gasteiger partial charge in [-0.25, -0.2) is 0 Å². The van der Waals surface area contributed by atoms with Crippen molar-refractivity contribution in [1.29, 1.82) is 0 Å². The maximum absolute atomic E-state index is 12.4. The predicted octanol–water partition coefficient (Wildman–Crippen LogP) is 3.00. The molecule has 0 saturated heterocycles. The van der Waals surface area contributed by atoms with E-state index in [9.17, 15) is 4.79 Å². The molecule has 104 valence electrons. The van der Waals surface area contributed by atoms with Crippen molar-refractivity contribution in [2.75, 3.05) is 7.05 Å². The molecule has 5 heteroatoms. The van der Waals surface area contributed by atoms with Crippen molar-refractivity contribution in [2.24, 2.45) is 11.1 Å². The van der Waals surface area contributed by atoms with Gasteiger partial charge in [0.2, 0.25) is 5.91 Å². The number of halogens is 1. The Morgan fingerprint density at radius 3 is 2.37 bits per heavy atom. The SMILES string of the molecule is CCC(C)(C(=O)N(C)Cc1ccc(Cl)cc1)C(N)=S. The molecule has 0 aromatic heterocycles. The van der Waals surface area contributed by atoms with Gasteiger partial charge >= 0.3 is 0 Å². The van der Waals surface area contributed by atoms with Crippen LogP contribution in [0.3, 0.4) is 0 Å². The zero-order valence-electron chi connectivity index (χ0n) is 11.4. The Labute approximate surface area is 124 Å². The second-order valence-corrected chi connectivity index (χ2v) is 5.71. The van der Waals surface area contributed by atoms with Gasteiger partial charge in [-0.1, -0.05) is 42.9 Å². The summed E-state index contributed by atoms with van der Waals surface area (Å²) >= 11 is 10.9. The lowest BCUT2D eigenvalue weighted by molar-refractivity contribution is -0.136. The number of carbonyl (C=O) groups excluding carboxylic acids is 1. The molecule has 0 bridgehead atoms. The first kappa shape index (κ1) is 15.9. The highest BCUT2D eigenvalue weighted by atomic mass is 35.5. The Hall–Kier alpha value is -1.13. The van der Waals surface area contributed by atoms with Crippen molar-refractivity contribution in [2.45, 2.75) is 26.8 Å². The standard InChI is InChI=1S/C14H19ClN2OS/c1-4-14(2,12(16)19)13(18)17(3)9-10-5-7-11(15)8-6-10/h5-8H,4,9H2,1-3H3,(H2,16,19). The fraction of sp³-hybridized carbons (Fsp3) is 0.429. The molecule has 0 spiro atoms. The fourth-order valence-electron chi connectivity index (χ4n) is 1.79. The first-order valence-electron chi connectivity index (χ1n) is 6.11. The van der Waals surface area contributed by atoms with E-state index in [0.717, 1.165) is 5.56 Å². The van der Waals surface area contributed by atoms with Gasteiger partial charge in [0.25, 0.3) is 0 Å². The quantitative estimate of drug-likeness (QED) is 0.850. The van der Waals surface area contributed by atoms with Crippen molar-refractivity contribution in [3.63, 3.8) is 0 Å². The van der Waals surface area contributed by atoms with E-state index in [1.54, 1.807) is 18.9 Å². The molecule has 19 heavy (non-hydrogen) atoms. The molecule has 0 radical (unpaired) electrons. The summed E-state index contributed by atoms with van der Waals surface area (Å²) in [6.07, 6.45) is 0.589. The summed E-state index contributed by atoms with van der Waals surface area (Å²) in [5.41, 5.74) is 5.93. The summed E-state index contributed by atoms with van der Waals surface area (Å²) in [7, 11) is 1.75. The van der Waals surface area contributed by atoms with Crippen LogP contribution in [0.2, 0.25) is 5.02 Å². The molecule has 1 rings (SSSR count). The van der Waals surface area contributed by atoms with Gasteiger partial charge in [0.1, 0.15) is 0 Å². The van der Waals surface area contributed by atoms with Crippen LogP contribution in [0.4, 0.5) is 0 Å². The Morgan fingerprint density at radius 2 is 1.95 bits per heavy atom. The molecule has 0 heterocycles. The minimum atomic E-state index is -0.781. The van der Waals surface area contributed by atoms with Crippen molar-refractivity contribution < 1.29 is 4.79 Å². The minimum Gasteiger partial charge on any atom is -0.392 e. The lowest BCUT2D eigenvalue weighted by Gasteiger charge is -2.31. The molecular weight excluding hydrogens is 280 g/mol. The minimum absolute atomic E-state index is 0.0579. The van der Waals surface area contributed by atoms with Crippen LogP contribution < -0.4 is 5.73 Å². The fourth-order valence-corrected chi connectivity index (χ4v) is 2.15. The summed E-state index contributed by atoms with van der Waals surface area (Å²) in [5, 5.41) is 0.680. The molecule has 0 aliphatic rings. The smallest absolute Gasteiger partial charge is 0.235 e. The first-order valence-corrected chi connectivity index (χ1v) is 6.89. The Bertz CT molecular complexity index is 475. The van der Waals surface area contributed by atoms with E-state index >= 15 is 0 Å². The number of nitrogens with zero attached hydrogens (tertiary/aromatic N) is 1. The Balaban J connectivity index is 2.83. The first-order chi connectivity index (χ1) is 8.81. The van der Waals surface area contributed by atoms with Gasteiger partial charge in [-0.05, 0) is 31.0 Å². The van der Waals surface area contributed by atoms with Crippen LogP contribution in [0.5, 0.6) is 0 Å². The third-order valence-electron chi connectivity index (χ3n) is 3.40. The number of nitrogens with two attached hydrogens (primary N) is 1. The number of hydrogen-bond acceptors (Lipinski definition) is 2. The number of amides is 1. The van der Waals surface area contributed by atoms with Crippen molar-refractivity contribution in [3.05, 3.63) is 34.9 Å². The van der Waals surface area contributed by atoms with Gasteiger partial charge in [0.15, 0.2) is 0 Å². The molecular formula is C14H19ClN2OS. The molecule has 1 aromatic rings. The summed E-state index contributed by atoms with van der Waals surface area (Å²) < 4.78 is 0. The van der Waals surface area contributed by atoms with Crippen LogP contribution >= 0.6 is 23.8 Å². The van der Waals surface area contributed by atoms with Gasteiger partial charge in [0.05, 0.1) is 10.4 Å². The largest absolute Gasteiger partial charge is 0.392 e. The monoisotopic (exact) mass is 298 g/mol. The van der Waals surface area contributed by atoms with Gasteiger partial charge in [-0.3, -0.25) is 4.79 Å². The number of hydrogen-bond donors (Lipinski definition) is 1. The molecule has 1 atom stereocenters. The molecule has 2 N–H and O–H groups in total.